The van der Waals surface area contributed by atoms with Crippen molar-refractivity contribution in [3.8, 4) is 5.75 Å². The molecule has 0 radical (unpaired) electrons. The third kappa shape index (κ3) is 3.48. The lowest BCUT2D eigenvalue weighted by molar-refractivity contribution is -0.153. The van der Waals surface area contributed by atoms with Crippen LogP contribution in [0, 0.1) is 11.8 Å². The lowest BCUT2D eigenvalue weighted by atomic mass is 9.57. The number of carbonyl (C=O) groups is 4. The second-order valence-corrected chi connectivity index (χ2v) is 9.44. The molecule has 36 heavy (non-hydrogen) atoms. The lowest BCUT2D eigenvalue weighted by Crippen LogP contribution is -2.65. The van der Waals surface area contributed by atoms with Crippen LogP contribution < -0.4 is 11.1 Å². The number of hydrogen-bond donors (Lipinski definition) is 6. The van der Waals surface area contributed by atoms with Crippen molar-refractivity contribution in [2.45, 2.75) is 24.5 Å². The summed E-state index contributed by atoms with van der Waals surface area (Å²) in [6.45, 7) is -0.280. The van der Waals surface area contributed by atoms with Gasteiger partial charge >= 0.3 is 0 Å². The van der Waals surface area contributed by atoms with Crippen LogP contribution in [0.1, 0.15) is 17.5 Å². The van der Waals surface area contributed by atoms with Gasteiger partial charge in [0.25, 0.3) is 5.91 Å². The van der Waals surface area contributed by atoms with Gasteiger partial charge in [-0.3, -0.25) is 24.1 Å². The number of phenolic OH excluding ortho intramolecular Hbond substituents is 1. The van der Waals surface area contributed by atoms with Crippen LogP contribution in [0.2, 0.25) is 0 Å². The number of nitrogens with one attached hydrogen (secondary N) is 1. The number of aromatic hydroxyl groups is 1. The molecule has 2 amide bonds. The maximum absolute atomic E-state index is 13.7. The number of fused-ring (bicyclic) bond motifs is 3. The summed E-state index contributed by atoms with van der Waals surface area (Å²) in [5.41, 5.74) is 1.79. The highest BCUT2D eigenvalue weighted by atomic mass is 16.5. The van der Waals surface area contributed by atoms with E-state index in [1.54, 1.807) is 6.07 Å². The third-order valence-electron chi connectivity index (χ3n) is 7.14. The molecule has 1 fully saturated rings. The fraction of sp³-hybridized carbons (Fsp3) is 0.417. The number of likely N-dealkylation sites (N-methyl/N-ethyl adjacent to an activating group) is 1. The molecule has 3 aliphatic carbocycles. The zero-order valence-corrected chi connectivity index (χ0v) is 19.9. The molecule has 0 aliphatic heterocycles. The fourth-order valence-electron chi connectivity index (χ4n) is 5.64. The first kappa shape index (κ1) is 25.4. The van der Waals surface area contributed by atoms with E-state index in [1.807, 2.05) is 0 Å². The minimum Gasteiger partial charge on any atom is -0.508 e. The van der Waals surface area contributed by atoms with Gasteiger partial charge in [-0.1, -0.05) is 6.07 Å². The first-order valence-electron chi connectivity index (χ1n) is 11.1. The van der Waals surface area contributed by atoms with Crippen LogP contribution >= 0.6 is 0 Å². The molecule has 12 nitrogen and oxygen atoms in total. The molecule has 4 atom stereocenters. The third-order valence-corrected chi connectivity index (χ3v) is 7.14. The molecule has 3 aliphatic rings. The van der Waals surface area contributed by atoms with Crippen molar-refractivity contribution in [3.05, 3.63) is 40.2 Å². The number of Topliss-reactive ketones (excluding diaryl/α,β-unsaturated/α-hetero) is 2. The quantitative estimate of drug-likeness (QED) is 0.227. The molecule has 1 saturated carbocycles. The number of hydrogen-bond acceptors (Lipinski definition) is 10. The average Bonchev–Trinajstić information content (AvgIpc) is 2.78. The molecule has 1 aromatic carbocycles. The van der Waals surface area contributed by atoms with Crippen molar-refractivity contribution < 1.29 is 44.3 Å². The largest absolute Gasteiger partial charge is 0.508 e. The molecule has 1 aromatic rings. The Morgan fingerprint density at radius 1 is 1.22 bits per heavy atom. The summed E-state index contributed by atoms with van der Waals surface area (Å²) >= 11 is 0. The van der Waals surface area contributed by atoms with Gasteiger partial charge in [-0.05, 0) is 44.5 Å². The monoisotopic (exact) mass is 501 g/mol. The molecule has 192 valence electrons. The number of aliphatic hydroxyl groups is 3. The van der Waals surface area contributed by atoms with Crippen molar-refractivity contribution in [1.29, 1.82) is 0 Å². The van der Waals surface area contributed by atoms with Crippen LogP contribution in [0.25, 0.3) is 5.76 Å². The van der Waals surface area contributed by atoms with Crippen molar-refractivity contribution in [1.82, 2.24) is 4.90 Å². The van der Waals surface area contributed by atoms with Crippen molar-refractivity contribution >= 4 is 34.8 Å². The Bertz CT molecular complexity index is 1270. The van der Waals surface area contributed by atoms with E-state index < -0.39 is 69.7 Å². The first-order valence-corrected chi connectivity index (χ1v) is 11.1. The van der Waals surface area contributed by atoms with E-state index in [0.717, 1.165) is 0 Å². The first-order chi connectivity index (χ1) is 16.9. The van der Waals surface area contributed by atoms with E-state index in [1.165, 1.54) is 32.2 Å². The Balaban J connectivity index is 1.88. The number of carbonyl (C=O) groups excluding carboxylic acids is 4. The molecule has 0 saturated heterocycles. The number of ether oxygens (including phenoxy) is 1. The number of methoxy groups -OCH3 is 1. The zero-order chi connectivity index (χ0) is 26.7. The number of benzene rings is 1. The second kappa shape index (κ2) is 8.73. The number of rotatable bonds is 5. The molecule has 4 unspecified atom stereocenters. The summed E-state index contributed by atoms with van der Waals surface area (Å²) in [7, 11) is 4.39. The number of anilines is 1. The Hall–Kier alpha value is -3.74. The number of nitrogens with two attached hydrogens (primary N) is 1. The Morgan fingerprint density at radius 2 is 1.89 bits per heavy atom. The minimum atomic E-state index is -2.70. The maximum atomic E-state index is 13.7. The second-order valence-electron chi connectivity index (χ2n) is 9.44. The molecular weight excluding hydrogens is 474 g/mol. The summed E-state index contributed by atoms with van der Waals surface area (Å²) in [6, 6.07) is 1.88. The summed E-state index contributed by atoms with van der Waals surface area (Å²) in [5, 5.41) is 46.8. The number of amides is 2. The average molecular weight is 501 g/mol. The van der Waals surface area contributed by atoms with E-state index in [0.29, 0.717) is 5.56 Å². The van der Waals surface area contributed by atoms with Gasteiger partial charge in [-0.2, -0.15) is 0 Å². The number of phenols is 1. The predicted molar refractivity (Wildman–Crippen MR) is 125 cm³/mol. The van der Waals surface area contributed by atoms with Crippen molar-refractivity contribution in [2.24, 2.45) is 17.6 Å². The Labute approximate surface area is 205 Å². The van der Waals surface area contributed by atoms with Crippen molar-refractivity contribution in [3.63, 3.8) is 0 Å². The molecule has 12 heteroatoms. The highest BCUT2D eigenvalue weighted by molar-refractivity contribution is 6.24. The summed E-state index contributed by atoms with van der Waals surface area (Å²) < 4.78 is 4.75. The lowest BCUT2D eigenvalue weighted by Gasteiger charge is -2.50. The molecule has 0 spiro atoms. The zero-order valence-electron chi connectivity index (χ0n) is 19.9. The number of aliphatic hydroxyl groups excluding tert-OH is 2. The van der Waals surface area contributed by atoms with Gasteiger partial charge in [0.15, 0.2) is 11.4 Å². The molecule has 7 N–H and O–H groups in total. The van der Waals surface area contributed by atoms with Crippen LogP contribution in [0.4, 0.5) is 5.69 Å². The smallest absolute Gasteiger partial charge is 0.255 e. The van der Waals surface area contributed by atoms with E-state index in [2.05, 4.69) is 5.32 Å². The van der Waals surface area contributed by atoms with Gasteiger partial charge < -0.3 is 36.2 Å². The van der Waals surface area contributed by atoms with Gasteiger partial charge in [-0.15, -0.1) is 0 Å². The van der Waals surface area contributed by atoms with E-state index >= 15 is 0 Å². The highest BCUT2D eigenvalue weighted by Gasteiger charge is 2.64. The number of primary amides is 1. The molecule has 0 bridgehead atoms. The standard InChI is InChI=1S/C24H27N3O9/c1-27(2)17-11-7-10-6-9-4-5-12(26-13(28)8-36-3)18(29)14(9)19(30)15(10)21(32)24(11,35)22(33)16(20(17)31)23(25)34/h4-5,10-11,17,29-30,33,35H,6-8H2,1-3H3,(H2,25,34)(H,26,28). The summed E-state index contributed by atoms with van der Waals surface area (Å²) in [6.07, 6.45) is 0.160. The molecule has 4 rings (SSSR count). The SMILES string of the molecule is COCC(=O)Nc1ccc2c(c1O)C(O)=C1C(=O)C3(O)C(O)=C(C(N)=O)C(=O)C(N(C)C)C3CC1C2. The van der Waals surface area contributed by atoms with Crippen LogP contribution in [0.15, 0.2) is 29.0 Å². The van der Waals surface area contributed by atoms with Gasteiger partial charge in [-0.25, -0.2) is 0 Å². The summed E-state index contributed by atoms with van der Waals surface area (Å²) in [4.78, 5) is 52.1. The maximum Gasteiger partial charge on any atom is 0.255 e. The predicted octanol–water partition coefficient (Wildman–Crippen LogP) is -0.451. The van der Waals surface area contributed by atoms with Crippen LogP contribution in [-0.2, 0) is 30.3 Å². The highest BCUT2D eigenvalue weighted by Crippen LogP contribution is 2.53. The van der Waals surface area contributed by atoms with Crippen molar-refractivity contribution in [2.75, 3.05) is 33.1 Å². The summed E-state index contributed by atoms with van der Waals surface area (Å²) in [5.74, 6) is -7.85. The van der Waals surface area contributed by atoms with Crippen LogP contribution in [0.5, 0.6) is 5.75 Å². The molecule has 0 aromatic heterocycles. The Kier molecular flexibility index (Phi) is 6.15. The number of nitrogens with zero attached hydrogens (tertiary/aromatic N) is 1. The molecule has 0 heterocycles. The van der Waals surface area contributed by atoms with Crippen LogP contribution in [-0.4, -0.2) is 88.2 Å². The van der Waals surface area contributed by atoms with Crippen LogP contribution in [0.3, 0.4) is 0 Å². The Morgan fingerprint density at radius 3 is 2.47 bits per heavy atom. The number of ketones is 2. The molecular formula is C24H27N3O9. The van der Waals surface area contributed by atoms with Gasteiger partial charge in [0.2, 0.25) is 11.7 Å². The van der Waals surface area contributed by atoms with Gasteiger partial charge in [0.05, 0.1) is 17.3 Å². The normalized spacial score (nSPS) is 27.5. The van der Waals surface area contributed by atoms with E-state index in [4.69, 9.17) is 10.5 Å². The van der Waals surface area contributed by atoms with Gasteiger partial charge in [0, 0.05) is 18.6 Å². The van der Waals surface area contributed by atoms with E-state index in [9.17, 15) is 39.6 Å². The minimum absolute atomic E-state index is 0.00114. The fourth-order valence-corrected chi connectivity index (χ4v) is 5.64. The van der Waals surface area contributed by atoms with Gasteiger partial charge in [0.1, 0.15) is 29.4 Å². The topological polar surface area (TPSA) is 200 Å². The van der Waals surface area contributed by atoms with E-state index in [-0.39, 0.29) is 36.3 Å².